The lowest BCUT2D eigenvalue weighted by Gasteiger charge is -2.16. The summed E-state index contributed by atoms with van der Waals surface area (Å²) in [6.45, 7) is 4.38. The van der Waals surface area contributed by atoms with Crippen molar-refractivity contribution in [1.29, 1.82) is 0 Å². The molecule has 0 radical (unpaired) electrons. The number of aromatic nitrogens is 2. The lowest BCUT2D eigenvalue weighted by molar-refractivity contribution is 0.342. The molecule has 1 saturated heterocycles. The van der Waals surface area contributed by atoms with E-state index in [2.05, 4.69) is 11.9 Å². The van der Waals surface area contributed by atoms with Crippen LogP contribution in [0.4, 0.5) is 4.39 Å². The molecule has 0 bridgehead atoms. The van der Waals surface area contributed by atoms with Crippen molar-refractivity contribution in [1.82, 2.24) is 9.66 Å². The minimum Gasteiger partial charge on any atom is -0.301 e. The molecule has 1 aromatic heterocycles. The molecule has 1 aliphatic rings. The van der Waals surface area contributed by atoms with Crippen LogP contribution < -0.4 is 10.6 Å². The Balaban J connectivity index is 2.06. The minimum absolute atomic E-state index is 0.168. The first-order valence-corrected chi connectivity index (χ1v) is 7.56. The molecule has 0 N–H and O–H groups in total. The average Bonchev–Trinajstić information content (AvgIpc) is 3.24. The fourth-order valence-corrected chi connectivity index (χ4v) is 2.74. The average molecular weight is 289 g/mol. The molecule has 2 heterocycles. The number of alkyl halides is 1. The van der Waals surface area contributed by atoms with Gasteiger partial charge in [0.2, 0.25) is 0 Å². The van der Waals surface area contributed by atoms with Crippen LogP contribution in [-0.2, 0) is 0 Å². The molecule has 2 atom stereocenters. The van der Waals surface area contributed by atoms with Crippen LogP contribution in [0.25, 0.3) is 10.9 Å². The summed E-state index contributed by atoms with van der Waals surface area (Å²) < 4.78 is 15.4. The van der Waals surface area contributed by atoms with Gasteiger partial charge in [-0.15, -0.1) is 0 Å². The Morgan fingerprint density at radius 2 is 2.19 bits per heavy atom. The highest BCUT2D eigenvalue weighted by Crippen LogP contribution is 2.25. The Morgan fingerprint density at radius 1 is 1.43 bits per heavy atom. The van der Waals surface area contributed by atoms with E-state index in [0.717, 1.165) is 25.8 Å². The number of fused-ring (bicyclic) bond motifs is 1. The van der Waals surface area contributed by atoms with Gasteiger partial charge < -0.3 is 5.01 Å². The smallest absolute Gasteiger partial charge is 0.280 e. The highest BCUT2D eigenvalue weighted by Gasteiger charge is 2.37. The third-order valence-electron chi connectivity index (χ3n) is 3.97. The molecule has 5 heteroatoms. The molecule has 1 aromatic carbocycles. The van der Waals surface area contributed by atoms with Gasteiger partial charge >= 0.3 is 0 Å². The van der Waals surface area contributed by atoms with Crippen LogP contribution in [0.3, 0.4) is 0 Å². The summed E-state index contributed by atoms with van der Waals surface area (Å²) in [6.07, 6.45) is 2.02. The molecule has 0 saturated carbocycles. The number of nitrogens with zero attached hydrogens (tertiary/aromatic N) is 3. The Bertz CT molecular complexity index is 710. The van der Waals surface area contributed by atoms with Crippen molar-refractivity contribution >= 4 is 10.9 Å². The molecule has 21 heavy (non-hydrogen) atoms. The SMILES string of the molecule is CCCCC1CN1n1c([C@@H](C)F)nc2ccccc2c1=O. The predicted molar refractivity (Wildman–Crippen MR) is 81.9 cm³/mol. The summed E-state index contributed by atoms with van der Waals surface area (Å²) in [4.78, 5) is 17.0. The third kappa shape index (κ3) is 2.52. The summed E-state index contributed by atoms with van der Waals surface area (Å²) in [6, 6.07) is 7.46. The molecule has 4 nitrogen and oxygen atoms in total. The summed E-state index contributed by atoms with van der Waals surface area (Å²) in [7, 11) is 0. The van der Waals surface area contributed by atoms with E-state index in [-0.39, 0.29) is 11.4 Å². The molecule has 2 aromatic rings. The first-order valence-electron chi connectivity index (χ1n) is 7.56. The predicted octanol–water partition coefficient (Wildman–Crippen LogP) is 2.94. The normalized spacial score (nSPS) is 19.0. The van der Waals surface area contributed by atoms with Crippen molar-refractivity contribution in [2.24, 2.45) is 0 Å². The van der Waals surface area contributed by atoms with Gasteiger partial charge in [-0.1, -0.05) is 31.9 Å². The number of hydrogen-bond donors (Lipinski definition) is 0. The summed E-state index contributed by atoms with van der Waals surface area (Å²) in [5.74, 6) is 0.206. The lowest BCUT2D eigenvalue weighted by atomic mass is 10.2. The maximum absolute atomic E-state index is 13.9. The maximum atomic E-state index is 13.9. The highest BCUT2D eigenvalue weighted by atomic mass is 19.1. The van der Waals surface area contributed by atoms with Gasteiger partial charge in [-0.05, 0) is 25.5 Å². The Kier molecular flexibility index (Phi) is 3.66. The number of hydrogen-bond acceptors (Lipinski definition) is 3. The van der Waals surface area contributed by atoms with Crippen LogP contribution in [0.15, 0.2) is 29.1 Å². The standard InChI is InChI=1S/C16H20FN3O/c1-3-4-7-12-10-19(12)20-15(11(2)17)18-14-9-6-5-8-13(14)16(20)21/h5-6,8-9,11-12H,3-4,7,10H2,1-2H3/t11-,12?,19?/m1/s1. The molecule has 0 spiro atoms. The summed E-state index contributed by atoms with van der Waals surface area (Å²) in [5.41, 5.74) is 0.393. The Labute approximate surface area is 123 Å². The van der Waals surface area contributed by atoms with Gasteiger partial charge in [-0.25, -0.2) is 14.1 Å². The molecule has 3 rings (SSSR count). The van der Waals surface area contributed by atoms with Crippen molar-refractivity contribution in [2.75, 3.05) is 11.6 Å². The van der Waals surface area contributed by atoms with Gasteiger partial charge in [-0.3, -0.25) is 4.79 Å². The van der Waals surface area contributed by atoms with Crippen molar-refractivity contribution < 1.29 is 4.39 Å². The van der Waals surface area contributed by atoms with E-state index < -0.39 is 6.17 Å². The Hall–Kier alpha value is -1.91. The zero-order valence-electron chi connectivity index (χ0n) is 12.4. The number of benzene rings is 1. The number of unbranched alkanes of at least 4 members (excludes halogenated alkanes) is 1. The van der Waals surface area contributed by atoms with E-state index in [1.807, 2.05) is 17.1 Å². The molecular formula is C16H20FN3O. The second-order valence-corrected chi connectivity index (χ2v) is 5.64. The van der Waals surface area contributed by atoms with Gasteiger partial charge in [0.25, 0.3) is 5.56 Å². The van der Waals surface area contributed by atoms with Gasteiger partial charge in [0.1, 0.15) is 0 Å². The van der Waals surface area contributed by atoms with Crippen LogP contribution in [0.5, 0.6) is 0 Å². The van der Waals surface area contributed by atoms with Crippen molar-refractivity contribution in [3.8, 4) is 0 Å². The highest BCUT2D eigenvalue weighted by molar-refractivity contribution is 5.77. The first-order chi connectivity index (χ1) is 10.1. The van der Waals surface area contributed by atoms with Crippen LogP contribution in [0, 0.1) is 0 Å². The summed E-state index contributed by atoms with van der Waals surface area (Å²) >= 11 is 0. The third-order valence-corrected chi connectivity index (χ3v) is 3.97. The van der Waals surface area contributed by atoms with E-state index in [0.29, 0.717) is 16.9 Å². The van der Waals surface area contributed by atoms with Gasteiger partial charge in [0, 0.05) is 0 Å². The topological polar surface area (TPSA) is 37.9 Å². The number of para-hydroxylation sites is 1. The quantitative estimate of drug-likeness (QED) is 0.794. The zero-order valence-corrected chi connectivity index (χ0v) is 12.4. The van der Waals surface area contributed by atoms with E-state index in [1.165, 1.54) is 11.6 Å². The molecule has 1 fully saturated rings. The van der Waals surface area contributed by atoms with Gasteiger partial charge in [-0.2, -0.15) is 0 Å². The number of rotatable bonds is 5. The second kappa shape index (κ2) is 5.47. The van der Waals surface area contributed by atoms with E-state index in [1.54, 1.807) is 12.1 Å². The Morgan fingerprint density at radius 3 is 2.90 bits per heavy atom. The zero-order chi connectivity index (χ0) is 15.0. The fourth-order valence-electron chi connectivity index (χ4n) is 2.74. The van der Waals surface area contributed by atoms with Crippen LogP contribution in [0.2, 0.25) is 0 Å². The minimum atomic E-state index is -1.27. The molecular weight excluding hydrogens is 269 g/mol. The van der Waals surface area contributed by atoms with Crippen molar-refractivity contribution in [3.05, 3.63) is 40.4 Å². The van der Waals surface area contributed by atoms with Crippen molar-refractivity contribution in [3.63, 3.8) is 0 Å². The van der Waals surface area contributed by atoms with E-state index in [4.69, 9.17) is 0 Å². The van der Waals surface area contributed by atoms with Gasteiger partial charge in [0.05, 0.1) is 23.5 Å². The van der Waals surface area contributed by atoms with E-state index >= 15 is 0 Å². The van der Waals surface area contributed by atoms with E-state index in [9.17, 15) is 9.18 Å². The van der Waals surface area contributed by atoms with Crippen molar-refractivity contribution in [2.45, 2.75) is 45.3 Å². The fraction of sp³-hybridized carbons (Fsp3) is 0.500. The first kappa shape index (κ1) is 14.0. The lowest BCUT2D eigenvalue weighted by Crippen LogP contribution is -2.34. The van der Waals surface area contributed by atoms with Crippen LogP contribution >= 0.6 is 0 Å². The largest absolute Gasteiger partial charge is 0.301 e. The molecule has 0 aliphatic carbocycles. The number of halogens is 1. The monoisotopic (exact) mass is 289 g/mol. The van der Waals surface area contributed by atoms with Gasteiger partial charge in [0.15, 0.2) is 12.0 Å². The summed E-state index contributed by atoms with van der Waals surface area (Å²) in [5, 5.41) is 2.48. The molecule has 1 unspecified atom stereocenters. The molecule has 0 amide bonds. The van der Waals surface area contributed by atoms with Crippen LogP contribution in [0.1, 0.15) is 45.1 Å². The maximum Gasteiger partial charge on any atom is 0.280 e. The second-order valence-electron chi connectivity index (χ2n) is 5.64. The molecule has 1 aliphatic heterocycles. The molecule has 112 valence electrons. The van der Waals surface area contributed by atoms with Crippen LogP contribution in [-0.4, -0.2) is 22.2 Å².